The molecule has 1 N–H and O–H groups in total. The summed E-state index contributed by atoms with van der Waals surface area (Å²) < 4.78 is 17.8. The zero-order valence-corrected chi connectivity index (χ0v) is 14.0. The van der Waals surface area contributed by atoms with Gasteiger partial charge in [0.2, 0.25) is 0 Å². The van der Waals surface area contributed by atoms with Crippen LogP contribution in [0.1, 0.15) is 16.3 Å². The molecule has 3 aromatic rings. The molecule has 1 aliphatic rings. The number of hydrogen-bond acceptors (Lipinski definition) is 7. The van der Waals surface area contributed by atoms with Crippen molar-refractivity contribution in [2.24, 2.45) is 0 Å². The zero-order valence-electron chi connectivity index (χ0n) is 14.0. The summed E-state index contributed by atoms with van der Waals surface area (Å²) in [5, 5.41) is 17.3. The number of nitrogens with zero attached hydrogens (tertiary/aromatic N) is 3. The van der Waals surface area contributed by atoms with Crippen molar-refractivity contribution < 1.29 is 23.6 Å². The maximum Gasteiger partial charge on any atom is 0.307 e. The summed E-state index contributed by atoms with van der Waals surface area (Å²) in [6, 6.07) is 8.26. The lowest BCUT2D eigenvalue weighted by Crippen LogP contribution is -2.16. The Kier molecular flexibility index (Phi) is 4.21. The molecule has 138 valence electrons. The smallest absolute Gasteiger partial charge is 0.307 e. The molecule has 0 saturated heterocycles. The molecule has 3 heterocycles. The van der Waals surface area contributed by atoms with Crippen LogP contribution in [-0.4, -0.2) is 33.8 Å². The summed E-state index contributed by atoms with van der Waals surface area (Å²) in [5.41, 5.74) is 0.433. The highest BCUT2D eigenvalue weighted by atomic mass is 16.6. The summed E-state index contributed by atoms with van der Waals surface area (Å²) >= 11 is 0. The van der Waals surface area contributed by atoms with E-state index in [2.05, 4.69) is 10.4 Å². The van der Waals surface area contributed by atoms with Crippen LogP contribution in [0.15, 0.2) is 47.1 Å². The number of nitro groups is 1. The number of nitrogens with one attached hydrogen (secondary N) is 1. The molecule has 0 saturated carbocycles. The fourth-order valence-electron chi connectivity index (χ4n) is 2.59. The molecule has 1 aromatic carbocycles. The van der Waals surface area contributed by atoms with Crippen molar-refractivity contribution in [2.75, 3.05) is 18.5 Å². The van der Waals surface area contributed by atoms with Crippen molar-refractivity contribution in [3.05, 3.63) is 64.4 Å². The first kappa shape index (κ1) is 16.6. The molecule has 4 rings (SSSR count). The number of carbonyl (C=O) groups is 1. The fraction of sp³-hybridized carbons (Fsp3) is 0.176. The first-order chi connectivity index (χ1) is 13.1. The number of aromatic nitrogens is 2. The summed E-state index contributed by atoms with van der Waals surface area (Å²) in [7, 11) is 0. The zero-order chi connectivity index (χ0) is 18.8. The first-order valence-corrected chi connectivity index (χ1v) is 8.05. The van der Waals surface area contributed by atoms with Crippen molar-refractivity contribution in [1.82, 2.24) is 9.78 Å². The van der Waals surface area contributed by atoms with E-state index in [9.17, 15) is 14.9 Å². The van der Waals surface area contributed by atoms with Gasteiger partial charge in [-0.3, -0.25) is 19.6 Å². The van der Waals surface area contributed by atoms with E-state index in [0.29, 0.717) is 36.2 Å². The number of fused-ring (bicyclic) bond motifs is 1. The van der Waals surface area contributed by atoms with Gasteiger partial charge in [-0.1, -0.05) is 0 Å². The van der Waals surface area contributed by atoms with E-state index >= 15 is 0 Å². The second-order valence-corrected chi connectivity index (χ2v) is 5.73. The standard InChI is InChI=1S/C17H14N4O6/c22-17(19-11-1-3-14-16(7-11)26-6-5-25-14)15-4-2-13(27-15)10-20-9-12(8-18-20)21(23)24/h1-4,7-9H,5-6,10H2,(H,19,22). The van der Waals surface area contributed by atoms with Crippen LogP contribution in [0, 0.1) is 10.1 Å². The van der Waals surface area contributed by atoms with E-state index < -0.39 is 10.8 Å². The topological polar surface area (TPSA) is 122 Å². The number of benzene rings is 1. The molecule has 0 unspecified atom stereocenters. The Morgan fingerprint density at radius 2 is 2.04 bits per heavy atom. The van der Waals surface area contributed by atoms with Gasteiger partial charge in [0, 0.05) is 11.8 Å². The summed E-state index contributed by atoms with van der Waals surface area (Å²) in [6.45, 7) is 1.12. The Balaban J connectivity index is 1.43. The van der Waals surface area contributed by atoms with Crippen LogP contribution >= 0.6 is 0 Å². The van der Waals surface area contributed by atoms with E-state index in [4.69, 9.17) is 13.9 Å². The summed E-state index contributed by atoms with van der Waals surface area (Å²) in [6.07, 6.45) is 2.44. The molecule has 0 radical (unpaired) electrons. The molecular formula is C17H14N4O6. The largest absolute Gasteiger partial charge is 0.486 e. The van der Waals surface area contributed by atoms with Gasteiger partial charge in [-0.05, 0) is 24.3 Å². The van der Waals surface area contributed by atoms with E-state index in [1.165, 1.54) is 16.9 Å². The van der Waals surface area contributed by atoms with E-state index in [0.717, 1.165) is 6.20 Å². The Labute approximate surface area is 152 Å². The molecule has 10 heteroatoms. The quantitative estimate of drug-likeness (QED) is 0.541. The molecule has 0 bridgehead atoms. The summed E-state index contributed by atoms with van der Waals surface area (Å²) in [5.74, 6) is 1.33. The van der Waals surface area contributed by atoms with Crippen molar-refractivity contribution in [3.8, 4) is 11.5 Å². The van der Waals surface area contributed by atoms with Gasteiger partial charge in [0.1, 0.15) is 31.4 Å². The number of ether oxygens (including phenoxy) is 2. The van der Waals surface area contributed by atoms with Crippen LogP contribution < -0.4 is 14.8 Å². The summed E-state index contributed by atoms with van der Waals surface area (Å²) in [4.78, 5) is 22.5. The molecule has 1 amide bonds. The van der Waals surface area contributed by atoms with Gasteiger partial charge in [0.15, 0.2) is 17.3 Å². The Morgan fingerprint density at radius 1 is 1.22 bits per heavy atom. The normalized spacial score (nSPS) is 12.6. The Morgan fingerprint density at radius 3 is 2.81 bits per heavy atom. The number of furan rings is 1. The maximum absolute atomic E-state index is 12.4. The lowest BCUT2D eigenvalue weighted by molar-refractivity contribution is -0.385. The number of rotatable bonds is 5. The minimum absolute atomic E-state index is 0.113. The lowest BCUT2D eigenvalue weighted by Gasteiger charge is -2.18. The van der Waals surface area contributed by atoms with Crippen molar-refractivity contribution in [2.45, 2.75) is 6.54 Å². The second-order valence-electron chi connectivity index (χ2n) is 5.73. The highest BCUT2D eigenvalue weighted by Crippen LogP contribution is 2.32. The molecule has 0 fully saturated rings. The lowest BCUT2D eigenvalue weighted by atomic mass is 10.2. The highest BCUT2D eigenvalue weighted by Gasteiger charge is 2.16. The average molecular weight is 370 g/mol. The van der Waals surface area contributed by atoms with Gasteiger partial charge in [-0.2, -0.15) is 5.10 Å². The number of anilines is 1. The third-order valence-electron chi connectivity index (χ3n) is 3.83. The number of carbonyl (C=O) groups excluding carboxylic acids is 1. The van der Waals surface area contributed by atoms with Crippen molar-refractivity contribution in [1.29, 1.82) is 0 Å². The van der Waals surface area contributed by atoms with Crippen LogP contribution in [0.2, 0.25) is 0 Å². The molecule has 0 aliphatic carbocycles. The van der Waals surface area contributed by atoms with Crippen molar-refractivity contribution in [3.63, 3.8) is 0 Å². The highest BCUT2D eigenvalue weighted by molar-refractivity contribution is 6.02. The molecule has 27 heavy (non-hydrogen) atoms. The monoisotopic (exact) mass is 370 g/mol. The fourth-order valence-corrected chi connectivity index (χ4v) is 2.59. The molecule has 1 aliphatic heterocycles. The maximum atomic E-state index is 12.4. The molecule has 10 nitrogen and oxygen atoms in total. The minimum Gasteiger partial charge on any atom is -0.486 e. The second kappa shape index (κ2) is 6.83. The molecule has 2 aromatic heterocycles. The molecular weight excluding hydrogens is 356 g/mol. The predicted molar refractivity (Wildman–Crippen MR) is 92.1 cm³/mol. The molecule has 0 atom stereocenters. The van der Waals surface area contributed by atoms with Gasteiger partial charge in [-0.15, -0.1) is 0 Å². The SMILES string of the molecule is O=C(Nc1ccc2c(c1)OCCO2)c1ccc(Cn2cc([N+](=O)[O-])cn2)o1. The van der Waals surface area contributed by atoms with Crippen LogP contribution in [0.25, 0.3) is 0 Å². The van der Waals surface area contributed by atoms with E-state index in [-0.39, 0.29) is 18.0 Å². The van der Waals surface area contributed by atoms with Gasteiger partial charge in [0.05, 0.1) is 11.5 Å². The van der Waals surface area contributed by atoms with Gasteiger partial charge >= 0.3 is 5.69 Å². The van der Waals surface area contributed by atoms with Crippen molar-refractivity contribution >= 4 is 17.3 Å². The van der Waals surface area contributed by atoms with Gasteiger partial charge in [-0.25, -0.2) is 0 Å². The van der Waals surface area contributed by atoms with Crippen LogP contribution in [0.5, 0.6) is 11.5 Å². The van der Waals surface area contributed by atoms with Crippen LogP contribution in [0.4, 0.5) is 11.4 Å². The Hall–Kier alpha value is -3.82. The molecule has 0 spiro atoms. The minimum atomic E-state index is -0.530. The van der Waals surface area contributed by atoms with E-state index in [1.54, 1.807) is 24.3 Å². The van der Waals surface area contributed by atoms with E-state index in [1.807, 2.05) is 0 Å². The third kappa shape index (κ3) is 3.59. The average Bonchev–Trinajstić information content (AvgIpc) is 3.32. The van der Waals surface area contributed by atoms with Crippen LogP contribution in [-0.2, 0) is 6.54 Å². The predicted octanol–water partition coefficient (Wildman–Crippen LogP) is 2.46. The van der Waals surface area contributed by atoms with Gasteiger partial charge < -0.3 is 19.2 Å². The number of hydrogen-bond donors (Lipinski definition) is 1. The Bertz CT molecular complexity index is 1010. The van der Waals surface area contributed by atoms with Crippen LogP contribution in [0.3, 0.4) is 0 Å². The first-order valence-electron chi connectivity index (χ1n) is 8.05. The number of amides is 1. The third-order valence-corrected chi connectivity index (χ3v) is 3.83. The van der Waals surface area contributed by atoms with Gasteiger partial charge in [0.25, 0.3) is 5.91 Å².